The number of ether oxygens (including phenoxy) is 15. The van der Waals surface area contributed by atoms with Crippen LogP contribution < -0.4 is 42.6 Å². The second-order valence-electron chi connectivity index (χ2n) is 24.0. The van der Waals surface area contributed by atoms with Crippen LogP contribution in [0.4, 0.5) is 0 Å². The van der Waals surface area contributed by atoms with Gasteiger partial charge in [-0.1, -0.05) is 45.6 Å². The number of carbonyl (C=O) groups excluding carboxylic acids is 3. The lowest BCUT2D eigenvalue weighted by Gasteiger charge is -2.19. The van der Waals surface area contributed by atoms with E-state index in [0.717, 1.165) is 11.1 Å². The van der Waals surface area contributed by atoms with E-state index in [1.54, 1.807) is 135 Å². The van der Waals surface area contributed by atoms with Crippen LogP contribution in [-0.2, 0) is 71.4 Å². The Morgan fingerprint density at radius 3 is 0.814 bits per heavy atom. The molecule has 0 aromatic heterocycles. The van der Waals surface area contributed by atoms with Gasteiger partial charge in [0.25, 0.3) is 20.2 Å². The van der Waals surface area contributed by atoms with E-state index < -0.39 is 54.9 Å². The average molecular weight is 1480 g/mol. The Bertz CT molecular complexity index is 3480. The van der Waals surface area contributed by atoms with Gasteiger partial charge in [0, 0.05) is 64.4 Å². The van der Waals surface area contributed by atoms with Gasteiger partial charge in [0.2, 0.25) is 0 Å². The molecule has 34 heteroatoms. The molecule has 0 radical (unpaired) electrons. The fourth-order valence-electron chi connectivity index (χ4n) is 7.60. The predicted octanol–water partition coefficient (Wildman–Crippen LogP) is 9.58. The summed E-state index contributed by atoms with van der Waals surface area (Å²) in [5.41, 5.74) is 16.7. The van der Waals surface area contributed by atoms with E-state index in [2.05, 4.69) is 20.1 Å². The van der Waals surface area contributed by atoms with Crippen LogP contribution in [0.2, 0.25) is 0 Å². The van der Waals surface area contributed by atoms with E-state index in [0.29, 0.717) is 40.2 Å². The number of esters is 3. The van der Waals surface area contributed by atoms with Crippen molar-refractivity contribution in [1.82, 2.24) is 0 Å². The molecule has 5 aromatic rings. The van der Waals surface area contributed by atoms with Crippen LogP contribution in [-0.4, -0.2) is 200 Å². The van der Waals surface area contributed by atoms with E-state index in [4.69, 9.17) is 101 Å². The van der Waals surface area contributed by atoms with Gasteiger partial charge in [-0.3, -0.25) is 8.37 Å². The van der Waals surface area contributed by atoms with E-state index >= 15 is 0 Å². The van der Waals surface area contributed by atoms with Gasteiger partial charge in [-0.25, -0.2) is 14.4 Å². The molecule has 0 aliphatic carbocycles. The summed E-state index contributed by atoms with van der Waals surface area (Å²) < 4.78 is 141. The highest BCUT2D eigenvalue weighted by Crippen LogP contribution is 2.31. The fraction of sp³-hybridized carbons (Fsp3) is 0.515. The van der Waals surface area contributed by atoms with Gasteiger partial charge in [-0.2, -0.15) is 16.8 Å². The topological polar surface area (TPSA) is 414 Å². The van der Waals surface area contributed by atoms with E-state index in [9.17, 15) is 31.2 Å². The summed E-state index contributed by atoms with van der Waals surface area (Å²) in [5.74, 6) is 2.25. The van der Waals surface area contributed by atoms with Crippen LogP contribution in [0.1, 0.15) is 73.4 Å². The molecule has 5 aromatic carbocycles. The second-order valence-corrected chi connectivity index (χ2v) is 27.2. The lowest BCUT2D eigenvalue weighted by Crippen LogP contribution is -2.27. The number of hydrogen-bond donors (Lipinski definition) is 2. The maximum Gasteiger partial charge on any atom is 0.332 e. The molecule has 0 bridgehead atoms. The van der Waals surface area contributed by atoms with Crippen LogP contribution in [0.3, 0.4) is 0 Å². The van der Waals surface area contributed by atoms with E-state index in [1.165, 1.54) is 30.3 Å². The summed E-state index contributed by atoms with van der Waals surface area (Å²) in [6.07, 6.45) is 0. The minimum atomic E-state index is -3.97. The van der Waals surface area contributed by atoms with Gasteiger partial charge >= 0.3 is 17.9 Å². The zero-order chi connectivity index (χ0) is 75.5. The first kappa shape index (κ1) is 87.2. The minimum Gasteiger partial charge on any atom is -0.493 e. The highest BCUT2D eigenvalue weighted by molar-refractivity contribution is 7.87. The first-order valence-corrected chi connectivity index (χ1v) is 34.8. The summed E-state index contributed by atoms with van der Waals surface area (Å²) in [7, 11) is -7.94. The molecule has 0 saturated carbocycles. The summed E-state index contributed by atoms with van der Waals surface area (Å²) in [6, 6.07) is 27.0. The van der Waals surface area contributed by atoms with Crippen LogP contribution in [0.25, 0.3) is 20.9 Å². The predicted molar refractivity (Wildman–Crippen MR) is 370 cm³/mol. The van der Waals surface area contributed by atoms with Crippen molar-refractivity contribution in [1.29, 1.82) is 0 Å². The molecule has 0 unspecified atom stereocenters. The SMILES string of the molecule is CC(C)(C)OC(=O)COCCOc1cc(OCCN=[N+]=[N-])cc(OCCN=[N+]=[N-])c1.CC(C)(C)OC(=O)COCCOc1cc(OCCO)cc(OCCO)c1.Cc1ccc(S(=O)(=O)OCCOc2cc(OCCOCC(=O)OC(C)(C)C)cc(OCCOS(=O)(=O)c3ccc(C)cc3)c2)cc1. The molecular weight excluding hydrogens is 1380 g/mol. The quantitative estimate of drug-likeness (QED) is 0.00696. The maximum atomic E-state index is 12.5. The van der Waals surface area contributed by atoms with Crippen molar-refractivity contribution in [3.05, 3.63) is 135 Å². The number of nitrogens with zero attached hydrogens (tertiary/aromatic N) is 6. The van der Waals surface area contributed by atoms with Crippen LogP contribution >= 0.6 is 0 Å². The Hall–Kier alpha value is -9.05. The van der Waals surface area contributed by atoms with Crippen molar-refractivity contribution < 1.29 is 121 Å². The molecule has 0 saturated heterocycles. The van der Waals surface area contributed by atoms with Gasteiger partial charge in [0.15, 0.2) is 0 Å². The Morgan fingerprint density at radius 1 is 0.363 bits per heavy atom. The van der Waals surface area contributed by atoms with Gasteiger partial charge < -0.3 is 81.3 Å². The van der Waals surface area contributed by atoms with E-state index in [1.807, 2.05) is 13.8 Å². The fourth-order valence-corrected chi connectivity index (χ4v) is 9.39. The average Bonchev–Trinajstić information content (AvgIpc) is 0.861. The lowest BCUT2D eigenvalue weighted by molar-refractivity contribution is -0.161. The number of benzene rings is 5. The Kier molecular flexibility index (Phi) is 39.7. The zero-order valence-corrected chi connectivity index (χ0v) is 61.0. The van der Waals surface area contributed by atoms with Crippen molar-refractivity contribution >= 4 is 38.1 Å². The van der Waals surface area contributed by atoms with Gasteiger partial charge in [0.1, 0.15) is 148 Å². The molecule has 0 aliphatic rings. The smallest absolute Gasteiger partial charge is 0.332 e. The molecule has 0 atom stereocenters. The standard InChI is InChI=1S/C32H40O12S2.C18H26N6O6.C18H28O8/c1-24-6-10-29(11-7-24)45(34,35)42-18-16-40-27-20-26(39-15-14-38-23-31(33)44-32(3,4)5)21-28(22-27)41-17-19-43-46(36,37)30-12-8-25(2)9-13-30;1-18(2,3)30-17(25)13-26-8-9-29-16-11-14(27-6-4-21-23-19)10-15(12-16)28-7-5-22-24-20;1-18(2,3)26-17(21)13-22-8-9-25-16-11-14(23-6-4-19)10-15(12-16)24-7-5-20/h6-13,20-22H,14-19,23H2,1-5H3;10-12H,4-9,13H2,1-3H3;10-12,19-20H,4-9,13H2,1-3H3. The first-order valence-electron chi connectivity index (χ1n) is 32.0. The molecule has 0 aliphatic heterocycles. The van der Waals surface area contributed by atoms with Crippen LogP contribution in [0, 0.1) is 13.8 Å². The molecule has 5 rings (SSSR count). The lowest BCUT2D eigenvalue weighted by atomic mass is 10.2. The van der Waals surface area contributed by atoms with Crippen molar-refractivity contribution in [3.63, 3.8) is 0 Å². The molecule has 0 heterocycles. The highest BCUT2D eigenvalue weighted by atomic mass is 32.2. The van der Waals surface area contributed by atoms with Crippen molar-refractivity contribution in [2.75, 3.05) is 139 Å². The second kappa shape index (κ2) is 46.5. The maximum absolute atomic E-state index is 12.5. The highest BCUT2D eigenvalue weighted by Gasteiger charge is 2.21. The molecule has 0 spiro atoms. The van der Waals surface area contributed by atoms with Crippen molar-refractivity contribution in [3.8, 4) is 51.7 Å². The summed E-state index contributed by atoms with van der Waals surface area (Å²) >= 11 is 0. The molecule has 0 amide bonds. The number of aliphatic hydroxyl groups excluding tert-OH is 2. The molecule has 32 nitrogen and oxygen atoms in total. The number of aryl methyl sites for hydroxylation is 2. The van der Waals surface area contributed by atoms with Gasteiger partial charge in [0.05, 0.1) is 69.1 Å². The third-order valence-electron chi connectivity index (χ3n) is 11.5. The van der Waals surface area contributed by atoms with Crippen molar-refractivity contribution in [2.45, 2.75) is 103 Å². The minimum absolute atomic E-state index is 0.0321. The Labute approximate surface area is 594 Å². The molecular formula is C68H94N6O26S2. The van der Waals surface area contributed by atoms with Crippen molar-refractivity contribution in [2.24, 2.45) is 10.2 Å². The molecule has 0 fully saturated rings. The number of hydrogen-bond acceptors (Lipinski definition) is 28. The third kappa shape index (κ3) is 41.0. The summed E-state index contributed by atoms with van der Waals surface area (Å²) in [6.45, 7) is 20.0. The van der Waals surface area contributed by atoms with E-state index in [-0.39, 0.29) is 160 Å². The molecule has 2 N–H and O–H groups in total. The van der Waals surface area contributed by atoms with Gasteiger partial charge in [-0.15, -0.1) is 0 Å². The zero-order valence-electron chi connectivity index (χ0n) is 59.4. The number of aliphatic hydroxyl groups is 2. The van der Waals surface area contributed by atoms with Crippen LogP contribution in [0.15, 0.2) is 123 Å². The normalized spacial score (nSPS) is 11.3. The largest absolute Gasteiger partial charge is 0.493 e. The molecule has 102 heavy (non-hydrogen) atoms. The first-order chi connectivity index (χ1) is 48.3. The van der Waals surface area contributed by atoms with Gasteiger partial charge in [-0.05, 0) is 111 Å². The monoisotopic (exact) mass is 1470 g/mol. The molecule has 564 valence electrons. The Balaban J connectivity index is 0.000000420. The van der Waals surface area contributed by atoms with Crippen LogP contribution in [0.5, 0.6) is 51.7 Å². The third-order valence-corrected chi connectivity index (χ3v) is 14.2. The number of carbonyl (C=O) groups is 3. The Morgan fingerprint density at radius 2 is 0.588 bits per heavy atom. The number of azide groups is 2. The summed E-state index contributed by atoms with van der Waals surface area (Å²) in [5, 5.41) is 24.5. The number of rotatable bonds is 44. The summed E-state index contributed by atoms with van der Waals surface area (Å²) in [4.78, 5) is 40.3.